The summed E-state index contributed by atoms with van der Waals surface area (Å²) in [5, 5.41) is 51.0. The van der Waals surface area contributed by atoms with Crippen molar-refractivity contribution in [3.63, 3.8) is 0 Å². The normalized spacial score (nSPS) is 25.3. The molecule has 1 amide bonds. The van der Waals surface area contributed by atoms with Crippen LogP contribution in [0.25, 0.3) is 0 Å². The lowest BCUT2D eigenvalue weighted by Gasteiger charge is -2.39. The van der Waals surface area contributed by atoms with E-state index in [0.29, 0.717) is 6.42 Å². The molecule has 6 atom stereocenters. The Morgan fingerprint density at radius 3 is 1.97 bits per heavy atom. The average Bonchev–Trinajstić information content (AvgIpc) is 2.92. The molecule has 38 heavy (non-hydrogen) atoms. The Bertz CT molecular complexity index is 721. The van der Waals surface area contributed by atoms with E-state index in [4.69, 9.17) is 9.47 Å². The van der Waals surface area contributed by atoms with Crippen molar-refractivity contribution in [3.05, 3.63) is 48.6 Å². The molecule has 0 aromatic rings. The fourth-order valence-electron chi connectivity index (χ4n) is 3.80. The molecule has 0 aromatic carbocycles. The van der Waals surface area contributed by atoms with Crippen LogP contribution in [0.15, 0.2) is 48.6 Å². The molecule has 9 nitrogen and oxygen atoms in total. The molecule has 1 heterocycles. The number of nitrogens with one attached hydrogen (secondary N) is 1. The number of hydrogen-bond acceptors (Lipinski definition) is 8. The number of carbonyl (C=O) groups excluding carboxylic acids is 1. The van der Waals surface area contributed by atoms with Gasteiger partial charge in [0.1, 0.15) is 24.4 Å². The Morgan fingerprint density at radius 1 is 0.842 bits per heavy atom. The third kappa shape index (κ3) is 14.9. The van der Waals surface area contributed by atoms with Crippen LogP contribution in [-0.2, 0) is 14.3 Å². The SMILES string of the molecule is CCCCC/C=C\C/C=C\C/C=C\C/C=C\CCCC(=O)N[C@H](CO)CO[C@@H]1OC(CO)[C@H](O)[C@H](O)C1O. The van der Waals surface area contributed by atoms with Gasteiger partial charge in [0.2, 0.25) is 5.91 Å². The lowest BCUT2D eigenvalue weighted by atomic mass is 9.99. The number of ether oxygens (including phenoxy) is 2. The van der Waals surface area contributed by atoms with Gasteiger partial charge in [-0.05, 0) is 44.9 Å². The highest BCUT2D eigenvalue weighted by molar-refractivity contribution is 5.76. The molecule has 218 valence electrons. The van der Waals surface area contributed by atoms with Crippen molar-refractivity contribution in [3.8, 4) is 0 Å². The molecule has 1 aliphatic heterocycles. The molecule has 1 saturated heterocycles. The van der Waals surface area contributed by atoms with Gasteiger partial charge in [0.15, 0.2) is 6.29 Å². The number of amides is 1. The third-order valence-electron chi connectivity index (χ3n) is 6.13. The highest BCUT2D eigenvalue weighted by atomic mass is 16.7. The fraction of sp³-hybridized carbons (Fsp3) is 0.690. The van der Waals surface area contributed by atoms with Gasteiger partial charge >= 0.3 is 0 Å². The largest absolute Gasteiger partial charge is 0.394 e. The Hall–Kier alpha value is -1.85. The first-order chi connectivity index (χ1) is 18.4. The minimum absolute atomic E-state index is 0.178. The molecule has 0 bridgehead atoms. The van der Waals surface area contributed by atoms with Gasteiger partial charge in [0.05, 0.1) is 25.9 Å². The summed E-state index contributed by atoms with van der Waals surface area (Å²) >= 11 is 0. The van der Waals surface area contributed by atoms with Crippen LogP contribution in [0.3, 0.4) is 0 Å². The first-order valence-corrected chi connectivity index (χ1v) is 13.9. The van der Waals surface area contributed by atoms with E-state index in [9.17, 15) is 30.3 Å². The zero-order chi connectivity index (χ0) is 28.0. The summed E-state index contributed by atoms with van der Waals surface area (Å²) in [5.41, 5.74) is 0. The van der Waals surface area contributed by atoms with Gasteiger partial charge in [-0.1, -0.05) is 68.4 Å². The van der Waals surface area contributed by atoms with Gasteiger partial charge in [-0.2, -0.15) is 0 Å². The molecule has 1 rings (SSSR count). The van der Waals surface area contributed by atoms with E-state index in [1.807, 2.05) is 6.08 Å². The zero-order valence-electron chi connectivity index (χ0n) is 22.7. The number of allylic oxidation sites excluding steroid dienone is 8. The molecule has 0 aliphatic carbocycles. The van der Waals surface area contributed by atoms with E-state index in [-0.39, 0.29) is 25.5 Å². The fourth-order valence-corrected chi connectivity index (χ4v) is 3.80. The second-order valence-electron chi connectivity index (χ2n) is 9.46. The zero-order valence-corrected chi connectivity index (χ0v) is 22.7. The number of aliphatic hydroxyl groups excluding tert-OH is 5. The van der Waals surface area contributed by atoms with Crippen molar-refractivity contribution in [1.82, 2.24) is 5.32 Å². The molecule has 0 saturated carbocycles. The smallest absolute Gasteiger partial charge is 0.220 e. The van der Waals surface area contributed by atoms with Crippen LogP contribution in [0.5, 0.6) is 0 Å². The van der Waals surface area contributed by atoms with Crippen molar-refractivity contribution < 1.29 is 39.8 Å². The van der Waals surface area contributed by atoms with Crippen LogP contribution in [0.2, 0.25) is 0 Å². The molecular formula is C29H49NO8. The first kappa shape index (κ1) is 34.2. The summed E-state index contributed by atoms with van der Waals surface area (Å²) in [7, 11) is 0. The summed E-state index contributed by atoms with van der Waals surface area (Å²) in [6, 6.07) is -0.730. The van der Waals surface area contributed by atoms with E-state index in [0.717, 1.165) is 25.7 Å². The van der Waals surface area contributed by atoms with Crippen LogP contribution in [-0.4, -0.2) is 88.0 Å². The van der Waals surface area contributed by atoms with Gasteiger partial charge in [0, 0.05) is 6.42 Å². The molecule has 1 aliphatic rings. The number of hydrogen-bond donors (Lipinski definition) is 6. The standard InChI is InChI=1S/C29H49NO8/c1-2-3-4-5-6-7-8-9-10-11-12-13-14-15-16-17-18-19-25(33)30-23(20-31)22-37-29-28(36)27(35)26(34)24(21-32)38-29/h6-7,9-10,12-13,15-16,23-24,26-29,31-32,34-36H,2-5,8,11,14,17-22H2,1H3,(H,30,33)/b7-6-,10-9-,13-12-,16-15-/t23-,24?,26+,27+,28?,29-/m1/s1. The van der Waals surface area contributed by atoms with E-state index in [2.05, 4.69) is 54.8 Å². The maximum atomic E-state index is 12.2. The van der Waals surface area contributed by atoms with Crippen LogP contribution >= 0.6 is 0 Å². The first-order valence-electron chi connectivity index (χ1n) is 13.9. The van der Waals surface area contributed by atoms with E-state index >= 15 is 0 Å². The third-order valence-corrected chi connectivity index (χ3v) is 6.13. The Morgan fingerprint density at radius 2 is 1.42 bits per heavy atom. The van der Waals surface area contributed by atoms with Gasteiger partial charge < -0.3 is 40.3 Å². The summed E-state index contributed by atoms with van der Waals surface area (Å²) in [6.07, 6.45) is 19.7. The Labute approximate surface area is 227 Å². The lowest BCUT2D eigenvalue weighted by molar-refractivity contribution is -0.302. The second kappa shape index (κ2) is 22.0. The van der Waals surface area contributed by atoms with Crippen LogP contribution in [0, 0.1) is 0 Å². The van der Waals surface area contributed by atoms with Gasteiger partial charge in [-0.15, -0.1) is 0 Å². The van der Waals surface area contributed by atoms with Gasteiger partial charge in [-0.25, -0.2) is 0 Å². The molecule has 6 N–H and O–H groups in total. The molecule has 0 radical (unpaired) electrons. The molecule has 1 fully saturated rings. The predicted molar refractivity (Wildman–Crippen MR) is 147 cm³/mol. The van der Waals surface area contributed by atoms with Crippen LogP contribution in [0.1, 0.15) is 71.1 Å². The van der Waals surface area contributed by atoms with Crippen molar-refractivity contribution in [1.29, 1.82) is 0 Å². The number of aliphatic hydroxyl groups is 5. The maximum absolute atomic E-state index is 12.2. The number of rotatable bonds is 20. The molecule has 2 unspecified atom stereocenters. The minimum Gasteiger partial charge on any atom is -0.394 e. The topological polar surface area (TPSA) is 149 Å². The van der Waals surface area contributed by atoms with Crippen LogP contribution < -0.4 is 5.32 Å². The molecule has 0 aromatic heterocycles. The highest BCUT2D eigenvalue weighted by Crippen LogP contribution is 2.22. The lowest BCUT2D eigenvalue weighted by Crippen LogP contribution is -2.59. The second-order valence-corrected chi connectivity index (χ2v) is 9.46. The van der Waals surface area contributed by atoms with Crippen molar-refractivity contribution in [2.45, 2.75) is 108 Å². The molecule has 0 spiro atoms. The summed E-state index contributed by atoms with van der Waals surface area (Å²) in [4.78, 5) is 12.2. The van der Waals surface area contributed by atoms with Crippen molar-refractivity contribution in [2.75, 3.05) is 19.8 Å². The highest BCUT2D eigenvalue weighted by Gasteiger charge is 2.44. The predicted octanol–water partition coefficient (Wildman–Crippen LogP) is 2.43. The van der Waals surface area contributed by atoms with Crippen molar-refractivity contribution in [2.24, 2.45) is 0 Å². The van der Waals surface area contributed by atoms with Gasteiger partial charge in [0.25, 0.3) is 0 Å². The number of carbonyl (C=O) groups is 1. The van der Waals surface area contributed by atoms with E-state index in [1.54, 1.807) is 0 Å². The van der Waals surface area contributed by atoms with Gasteiger partial charge in [-0.3, -0.25) is 4.79 Å². The molecule has 9 heteroatoms. The summed E-state index contributed by atoms with van der Waals surface area (Å²) in [6.45, 7) is 1.08. The van der Waals surface area contributed by atoms with Crippen molar-refractivity contribution >= 4 is 5.91 Å². The summed E-state index contributed by atoms with van der Waals surface area (Å²) in [5.74, 6) is -0.239. The Balaban J connectivity index is 2.14. The van der Waals surface area contributed by atoms with E-state index in [1.165, 1.54) is 25.7 Å². The summed E-state index contributed by atoms with van der Waals surface area (Å²) < 4.78 is 10.6. The average molecular weight is 540 g/mol. The minimum atomic E-state index is -1.55. The van der Waals surface area contributed by atoms with E-state index < -0.39 is 43.4 Å². The number of unbranched alkanes of at least 4 members (excludes halogenated alkanes) is 4. The van der Waals surface area contributed by atoms with Crippen LogP contribution in [0.4, 0.5) is 0 Å². The Kier molecular flexibility index (Phi) is 19.8. The molecular weight excluding hydrogens is 490 g/mol. The monoisotopic (exact) mass is 539 g/mol. The quantitative estimate of drug-likeness (QED) is 0.102. The maximum Gasteiger partial charge on any atom is 0.220 e.